The van der Waals surface area contributed by atoms with Gasteiger partial charge in [0.15, 0.2) is 0 Å². The molecule has 2 N–H and O–H groups in total. The van der Waals surface area contributed by atoms with Crippen LogP contribution in [0.4, 0.5) is 13.2 Å². The summed E-state index contributed by atoms with van der Waals surface area (Å²) < 4.78 is 37.8. The third-order valence-corrected chi connectivity index (χ3v) is 3.47. The van der Waals surface area contributed by atoms with Crippen LogP contribution >= 0.6 is 0 Å². The molecule has 1 aliphatic rings. The molecule has 6 heteroatoms. The van der Waals surface area contributed by atoms with Crippen LogP contribution in [-0.2, 0) is 4.79 Å². The number of rotatable bonds is 6. The number of hydrogen-bond acceptors (Lipinski definition) is 2. The summed E-state index contributed by atoms with van der Waals surface area (Å²) in [6.45, 7) is 4.27. The van der Waals surface area contributed by atoms with Crippen molar-refractivity contribution in [1.29, 1.82) is 0 Å². The number of nitrogens with zero attached hydrogens (tertiary/aromatic N) is 1. The highest BCUT2D eigenvalue weighted by atomic mass is 19.4. The van der Waals surface area contributed by atoms with Crippen molar-refractivity contribution in [3.05, 3.63) is 0 Å². The first-order valence-corrected chi connectivity index (χ1v) is 6.74. The summed E-state index contributed by atoms with van der Waals surface area (Å²) in [6.07, 6.45) is -2.19. The quantitative estimate of drug-likeness (QED) is 0.812. The highest BCUT2D eigenvalue weighted by Crippen LogP contribution is 2.36. The zero-order chi connectivity index (χ0) is 14.8. The lowest BCUT2D eigenvalue weighted by atomic mass is 10.0. The Labute approximate surface area is 112 Å². The molecule has 3 nitrogen and oxygen atoms in total. The number of halogens is 3. The van der Waals surface area contributed by atoms with Gasteiger partial charge in [0.2, 0.25) is 5.91 Å². The molecule has 0 spiro atoms. The highest BCUT2D eigenvalue weighted by Gasteiger charge is 2.41. The van der Waals surface area contributed by atoms with Crippen molar-refractivity contribution < 1.29 is 18.0 Å². The van der Waals surface area contributed by atoms with E-state index in [0.29, 0.717) is 6.42 Å². The number of carbonyl (C=O) groups is 1. The number of carbonyl (C=O) groups excluding carboxylic acids is 1. The van der Waals surface area contributed by atoms with Crippen molar-refractivity contribution in [3.8, 4) is 0 Å². The molecule has 0 aromatic carbocycles. The van der Waals surface area contributed by atoms with Crippen molar-refractivity contribution in [1.82, 2.24) is 4.90 Å². The standard InChI is InChI=1S/C13H23F3N2O/c1-8(2)6-11(17)12(19)18(7-13(14,15)16)9(3)10-4-5-10/h8-11H,4-7,17H2,1-3H3/t9?,11-/m1/s1. The molecule has 112 valence electrons. The van der Waals surface area contributed by atoms with Crippen LogP contribution in [0.5, 0.6) is 0 Å². The molecule has 1 amide bonds. The zero-order valence-electron chi connectivity index (χ0n) is 11.7. The monoisotopic (exact) mass is 280 g/mol. The first-order chi connectivity index (χ1) is 8.61. The van der Waals surface area contributed by atoms with Gasteiger partial charge in [-0.15, -0.1) is 0 Å². The largest absolute Gasteiger partial charge is 0.406 e. The van der Waals surface area contributed by atoms with Crippen LogP contribution in [0.25, 0.3) is 0 Å². The van der Waals surface area contributed by atoms with Gasteiger partial charge in [-0.05, 0) is 38.0 Å². The van der Waals surface area contributed by atoms with Crippen LogP contribution in [0.2, 0.25) is 0 Å². The summed E-state index contributed by atoms with van der Waals surface area (Å²) >= 11 is 0. The average Bonchev–Trinajstić information content (AvgIpc) is 3.05. The fourth-order valence-corrected chi connectivity index (χ4v) is 2.27. The molecule has 1 aliphatic carbocycles. The fourth-order valence-electron chi connectivity index (χ4n) is 2.27. The van der Waals surface area contributed by atoms with Crippen LogP contribution in [0.15, 0.2) is 0 Å². The van der Waals surface area contributed by atoms with Crippen molar-refractivity contribution in [2.24, 2.45) is 17.6 Å². The second-order valence-corrected chi connectivity index (χ2v) is 5.90. The summed E-state index contributed by atoms with van der Waals surface area (Å²) in [5.41, 5.74) is 5.74. The normalized spacial score (nSPS) is 19.4. The first-order valence-electron chi connectivity index (χ1n) is 6.74. The van der Waals surface area contributed by atoms with Crippen molar-refractivity contribution in [2.75, 3.05) is 6.54 Å². The van der Waals surface area contributed by atoms with E-state index in [1.807, 2.05) is 13.8 Å². The van der Waals surface area contributed by atoms with E-state index >= 15 is 0 Å². The van der Waals surface area contributed by atoms with E-state index in [4.69, 9.17) is 5.73 Å². The molecule has 0 bridgehead atoms. The summed E-state index contributed by atoms with van der Waals surface area (Å²) in [6, 6.07) is -1.23. The van der Waals surface area contributed by atoms with Crippen LogP contribution < -0.4 is 5.73 Å². The minimum Gasteiger partial charge on any atom is -0.329 e. The summed E-state index contributed by atoms with van der Waals surface area (Å²) in [4.78, 5) is 13.1. The van der Waals surface area contributed by atoms with Gasteiger partial charge in [-0.1, -0.05) is 13.8 Å². The number of hydrogen-bond donors (Lipinski definition) is 1. The van der Waals surface area contributed by atoms with Gasteiger partial charge in [0.1, 0.15) is 6.54 Å². The maximum absolute atomic E-state index is 12.6. The van der Waals surface area contributed by atoms with Crippen molar-refractivity contribution in [3.63, 3.8) is 0 Å². The molecule has 1 unspecified atom stereocenters. The molecule has 0 aromatic heterocycles. The Bertz CT molecular complexity index is 314. The third-order valence-electron chi connectivity index (χ3n) is 3.47. The lowest BCUT2D eigenvalue weighted by Crippen LogP contribution is -2.52. The first kappa shape index (κ1) is 16.3. The molecular formula is C13H23F3N2O. The number of amides is 1. The predicted octanol–water partition coefficient (Wildman–Crippen LogP) is 2.55. The van der Waals surface area contributed by atoms with Gasteiger partial charge < -0.3 is 10.6 Å². The minimum absolute atomic E-state index is 0.183. The van der Waals surface area contributed by atoms with E-state index in [9.17, 15) is 18.0 Å². The van der Waals surface area contributed by atoms with E-state index in [2.05, 4.69) is 0 Å². The third kappa shape index (κ3) is 5.38. The lowest BCUT2D eigenvalue weighted by molar-refractivity contribution is -0.167. The zero-order valence-corrected chi connectivity index (χ0v) is 11.7. The number of alkyl halides is 3. The van der Waals surface area contributed by atoms with Crippen LogP contribution in [0.3, 0.4) is 0 Å². The van der Waals surface area contributed by atoms with Gasteiger partial charge in [0.05, 0.1) is 6.04 Å². The van der Waals surface area contributed by atoms with Gasteiger partial charge in [-0.2, -0.15) is 13.2 Å². The maximum Gasteiger partial charge on any atom is 0.406 e. The molecule has 1 fully saturated rings. The molecule has 2 atom stereocenters. The predicted molar refractivity (Wildman–Crippen MR) is 67.4 cm³/mol. The molecule has 0 saturated heterocycles. The Balaban J connectivity index is 2.73. The van der Waals surface area contributed by atoms with E-state index in [1.54, 1.807) is 6.92 Å². The van der Waals surface area contributed by atoms with Crippen molar-refractivity contribution >= 4 is 5.91 Å². The lowest BCUT2D eigenvalue weighted by Gasteiger charge is -2.32. The summed E-state index contributed by atoms with van der Waals surface area (Å²) in [7, 11) is 0. The molecule has 1 saturated carbocycles. The van der Waals surface area contributed by atoms with Crippen LogP contribution in [0, 0.1) is 11.8 Å². The van der Waals surface area contributed by atoms with Gasteiger partial charge in [0.25, 0.3) is 0 Å². The fraction of sp³-hybridized carbons (Fsp3) is 0.923. The Morgan fingerprint density at radius 2 is 1.84 bits per heavy atom. The molecule has 0 aliphatic heterocycles. The second-order valence-electron chi connectivity index (χ2n) is 5.90. The van der Waals surface area contributed by atoms with E-state index < -0.39 is 24.7 Å². The van der Waals surface area contributed by atoms with E-state index in [1.165, 1.54) is 0 Å². The second kappa shape index (κ2) is 6.11. The van der Waals surface area contributed by atoms with Crippen LogP contribution in [-0.4, -0.2) is 35.6 Å². The minimum atomic E-state index is -4.38. The molecular weight excluding hydrogens is 257 g/mol. The van der Waals surface area contributed by atoms with Gasteiger partial charge >= 0.3 is 6.18 Å². The average molecular weight is 280 g/mol. The molecule has 19 heavy (non-hydrogen) atoms. The van der Waals surface area contributed by atoms with E-state index in [-0.39, 0.29) is 17.9 Å². The molecule has 0 aromatic rings. The van der Waals surface area contributed by atoms with Gasteiger partial charge in [-0.3, -0.25) is 4.79 Å². The topological polar surface area (TPSA) is 46.3 Å². The Hall–Kier alpha value is -0.780. The molecule has 1 rings (SSSR count). The number of nitrogens with two attached hydrogens (primary N) is 1. The summed E-state index contributed by atoms with van der Waals surface area (Å²) in [5, 5.41) is 0. The maximum atomic E-state index is 12.6. The molecule has 0 radical (unpaired) electrons. The van der Waals surface area contributed by atoms with Crippen LogP contribution in [0.1, 0.15) is 40.0 Å². The smallest absolute Gasteiger partial charge is 0.329 e. The highest BCUT2D eigenvalue weighted by molar-refractivity contribution is 5.82. The Morgan fingerprint density at radius 1 is 1.32 bits per heavy atom. The Kier molecular flexibility index (Phi) is 5.24. The summed E-state index contributed by atoms with van der Waals surface area (Å²) in [5.74, 6) is -0.203. The Morgan fingerprint density at radius 3 is 2.21 bits per heavy atom. The van der Waals surface area contributed by atoms with Gasteiger partial charge in [0, 0.05) is 6.04 Å². The SMILES string of the molecule is CC(C)C[C@@H](N)C(=O)N(CC(F)(F)F)C(C)C1CC1. The van der Waals surface area contributed by atoms with Gasteiger partial charge in [-0.25, -0.2) is 0 Å². The molecule has 0 heterocycles. The van der Waals surface area contributed by atoms with Crippen molar-refractivity contribution in [2.45, 2.75) is 58.3 Å². The van der Waals surface area contributed by atoms with E-state index in [0.717, 1.165) is 17.7 Å².